The summed E-state index contributed by atoms with van der Waals surface area (Å²) in [5.41, 5.74) is 6.90. The normalized spacial score (nSPS) is 17.3. The van der Waals surface area contributed by atoms with Gasteiger partial charge in [0.05, 0.1) is 22.8 Å². The molecule has 3 aromatic rings. The third-order valence-electron chi connectivity index (χ3n) is 7.30. The molecular weight excluding hydrogens is 492 g/mol. The minimum Gasteiger partial charge on any atom is -0.368 e. The number of rotatable bonds is 6. The molecule has 0 radical (unpaired) electrons. The predicted molar refractivity (Wildman–Crippen MR) is 153 cm³/mol. The molecule has 1 aliphatic carbocycles. The van der Waals surface area contributed by atoms with Gasteiger partial charge in [0, 0.05) is 50.9 Å². The number of hydrogen-bond acceptors (Lipinski definition) is 8. The number of nitrogens with one attached hydrogen (secondary N) is 4. The summed E-state index contributed by atoms with van der Waals surface area (Å²) in [5, 5.41) is 20.5. The Morgan fingerprint density at radius 2 is 1.90 bits per heavy atom. The molecule has 2 aliphatic heterocycles. The number of carbonyl (C=O) groups is 2. The molecule has 10 nitrogen and oxygen atoms in total. The highest BCUT2D eigenvalue weighted by atomic mass is 16.2. The quantitative estimate of drug-likeness (QED) is 0.378. The topological polar surface area (TPSA) is 124 Å². The molecule has 6 rings (SSSR count). The molecule has 204 valence electrons. The standard InChI is InChI=1S/C27H30N8O2.C2H6/c1-28-27(37)24-21(11-22(33-34-24)32-26(36)15-6-7-15)31-20-5-3-4-19-23-18(14-35(2)25(19)20)10-17(13-30-23)16-8-9-29-12-16;1-2/h3-5,10-11,13,15-16,29H,6-9,12,14H2,1-2H3,(H,28,37)(H2,31,32,33,36);1-2H3. The van der Waals surface area contributed by atoms with Crippen molar-refractivity contribution in [3.05, 3.63) is 53.3 Å². The van der Waals surface area contributed by atoms with Crippen LogP contribution in [0.2, 0.25) is 0 Å². The molecule has 4 N–H and O–H groups in total. The van der Waals surface area contributed by atoms with Crippen molar-refractivity contribution in [2.75, 3.05) is 42.7 Å². The minimum atomic E-state index is -0.367. The van der Waals surface area contributed by atoms with Crippen LogP contribution in [-0.4, -0.2) is 54.2 Å². The molecule has 1 unspecified atom stereocenters. The Morgan fingerprint density at radius 1 is 1.08 bits per heavy atom. The van der Waals surface area contributed by atoms with Crippen LogP contribution in [0, 0.1) is 5.92 Å². The number of carbonyl (C=O) groups excluding carboxylic acids is 2. The van der Waals surface area contributed by atoms with Crippen molar-refractivity contribution in [3.8, 4) is 11.3 Å². The Balaban J connectivity index is 0.00000151. The maximum absolute atomic E-state index is 12.6. The van der Waals surface area contributed by atoms with E-state index >= 15 is 0 Å². The fourth-order valence-electron chi connectivity index (χ4n) is 5.19. The second kappa shape index (κ2) is 11.4. The summed E-state index contributed by atoms with van der Waals surface area (Å²) < 4.78 is 0. The van der Waals surface area contributed by atoms with Crippen LogP contribution < -0.4 is 26.2 Å². The van der Waals surface area contributed by atoms with Gasteiger partial charge in [-0.15, -0.1) is 10.2 Å². The number of para-hydroxylation sites is 1. The van der Waals surface area contributed by atoms with Crippen LogP contribution in [0.3, 0.4) is 0 Å². The molecular formula is C29H36N8O2. The highest BCUT2D eigenvalue weighted by molar-refractivity contribution is 6.01. The summed E-state index contributed by atoms with van der Waals surface area (Å²) in [5.74, 6) is 0.416. The summed E-state index contributed by atoms with van der Waals surface area (Å²) in [7, 11) is 3.61. The van der Waals surface area contributed by atoms with Crippen LogP contribution in [0.4, 0.5) is 22.9 Å². The SMILES string of the molecule is CC.CNC(=O)c1nnc(NC(=O)C2CC2)cc1Nc1cccc2c1N(C)Cc1cc(C3CCNC3)cnc1-2. The third-order valence-corrected chi connectivity index (χ3v) is 7.30. The van der Waals surface area contributed by atoms with Crippen molar-refractivity contribution in [3.63, 3.8) is 0 Å². The Labute approximate surface area is 229 Å². The van der Waals surface area contributed by atoms with Gasteiger partial charge >= 0.3 is 0 Å². The van der Waals surface area contributed by atoms with Crippen LogP contribution in [0.1, 0.15) is 60.6 Å². The fraction of sp³-hybridized carbons (Fsp3) is 0.414. The average molecular weight is 529 g/mol. The van der Waals surface area contributed by atoms with Gasteiger partial charge < -0.3 is 26.2 Å². The largest absolute Gasteiger partial charge is 0.368 e. The van der Waals surface area contributed by atoms with Crippen molar-refractivity contribution < 1.29 is 9.59 Å². The molecule has 0 bridgehead atoms. The number of amides is 2. The van der Waals surface area contributed by atoms with Crippen molar-refractivity contribution in [1.82, 2.24) is 25.8 Å². The summed E-state index contributed by atoms with van der Waals surface area (Å²) >= 11 is 0. The van der Waals surface area contributed by atoms with E-state index in [9.17, 15) is 9.59 Å². The Hall–Kier alpha value is -4.05. The Morgan fingerprint density at radius 3 is 2.62 bits per heavy atom. The second-order valence-corrected chi connectivity index (χ2v) is 9.98. The summed E-state index contributed by atoms with van der Waals surface area (Å²) in [6.07, 6.45) is 4.92. The maximum Gasteiger partial charge on any atom is 0.273 e. The van der Waals surface area contributed by atoms with Crippen molar-refractivity contribution in [1.29, 1.82) is 0 Å². The molecule has 1 aromatic carbocycles. The average Bonchev–Trinajstić information content (AvgIpc) is 3.67. The minimum absolute atomic E-state index is 0.0321. The monoisotopic (exact) mass is 528 g/mol. The van der Waals surface area contributed by atoms with E-state index in [1.807, 2.05) is 32.2 Å². The van der Waals surface area contributed by atoms with Gasteiger partial charge in [-0.1, -0.05) is 26.0 Å². The zero-order valence-electron chi connectivity index (χ0n) is 23.0. The molecule has 39 heavy (non-hydrogen) atoms. The van der Waals surface area contributed by atoms with E-state index in [0.717, 1.165) is 61.5 Å². The molecule has 2 aromatic heterocycles. The fourth-order valence-corrected chi connectivity index (χ4v) is 5.19. The number of benzene rings is 1. The molecule has 2 amide bonds. The van der Waals surface area contributed by atoms with Crippen LogP contribution in [0.15, 0.2) is 36.5 Å². The number of hydrogen-bond donors (Lipinski definition) is 4. The number of nitrogens with zero attached hydrogens (tertiary/aromatic N) is 4. The summed E-state index contributed by atoms with van der Waals surface area (Å²) in [6, 6.07) is 9.98. The van der Waals surface area contributed by atoms with Crippen LogP contribution in [0.25, 0.3) is 11.3 Å². The van der Waals surface area contributed by atoms with Gasteiger partial charge in [0.25, 0.3) is 5.91 Å². The number of fused-ring (bicyclic) bond motifs is 3. The first-order valence-electron chi connectivity index (χ1n) is 13.7. The van der Waals surface area contributed by atoms with E-state index < -0.39 is 0 Å². The predicted octanol–water partition coefficient (Wildman–Crippen LogP) is 4.04. The number of aromatic nitrogens is 3. The van der Waals surface area contributed by atoms with Crippen molar-refractivity contribution in [2.45, 2.75) is 45.6 Å². The van der Waals surface area contributed by atoms with Crippen LogP contribution >= 0.6 is 0 Å². The first kappa shape index (κ1) is 26.6. The first-order valence-corrected chi connectivity index (χ1v) is 13.7. The third kappa shape index (κ3) is 5.42. The van der Waals surface area contributed by atoms with E-state index in [0.29, 0.717) is 17.4 Å². The highest BCUT2D eigenvalue weighted by Gasteiger charge is 2.30. The van der Waals surface area contributed by atoms with Gasteiger partial charge in [-0.2, -0.15) is 0 Å². The second-order valence-electron chi connectivity index (χ2n) is 9.98. The molecule has 1 saturated heterocycles. The summed E-state index contributed by atoms with van der Waals surface area (Å²) in [6.45, 7) is 6.77. The van der Waals surface area contributed by atoms with Gasteiger partial charge in [0.15, 0.2) is 11.5 Å². The lowest BCUT2D eigenvalue weighted by Gasteiger charge is -2.32. The van der Waals surface area contributed by atoms with Gasteiger partial charge in [-0.05, 0) is 55.0 Å². The smallest absolute Gasteiger partial charge is 0.273 e. The van der Waals surface area contributed by atoms with Gasteiger partial charge in [-0.25, -0.2) is 0 Å². The van der Waals surface area contributed by atoms with Crippen LogP contribution in [0.5, 0.6) is 0 Å². The van der Waals surface area contributed by atoms with Crippen molar-refractivity contribution in [2.24, 2.45) is 5.92 Å². The zero-order valence-corrected chi connectivity index (χ0v) is 23.0. The molecule has 2 fully saturated rings. The lowest BCUT2D eigenvalue weighted by molar-refractivity contribution is -0.117. The van der Waals surface area contributed by atoms with E-state index in [4.69, 9.17) is 4.98 Å². The van der Waals surface area contributed by atoms with Crippen molar-refractivity contribution >= 4 is 34.7 Å². The van der Waals surface area contributed by atoms with Gasteiger partial charge in [0.1, 0.15) is 0 Å². The lowest BCUT2D eigenvalue weighted by atomic mass is 9.93. The number of pyridine rings is 1. The molecule has 0 spiro atoms. The Bertz CT molecular complexity index is 1380. The van der Waals surface area contributed by atoms with Gasteiger partial charge in [0.2, 0.25) is 5.91 Å². The van der Waals surface area contributed by atoms with Crippen LogP contribution in [-0.2, 0) is 11.3 Å². The summed E-state index contributed by atoms with van der Waals surface area (Å²) in [4.78, 5) is 31.9. The molecule has 1 atom stereocenters. The zero-order chi connectivity index (χ0) is 27.5. The van der Waals surface area contributed by atoms with E-state index in [2.05, 4.69) is 55.5 Å². The Kier molecular flexibility index (Phi) is 7.74. The molecule has 10 heteroatoms. The maximum atomic E-state index is 12.6. The highest BCUT2D eigenvalue weighted by Crippen LogP contribution is 2.44. The molecule has 4 heterocycles. The molecule has 3 aliphatic rings. The van der Waals surface area contributed by atoms with Gasteiger partial charge in [-0.3, -0.25) is 14.6 Å². The van der Waals surface area contributed by atoms with E-state index in [-0.39, 0.29) is 23.4 Å². The molecule has 1 saturated carbocycles. The van der Waals surface area contributed by atoms with E-state index in [1.54, 1.807) is 13.1 Å². The lowest BCUT2D eigenvalue weighted by Crippen LogP contribution is -2.25. The first-order chi connectivity index (χ1) is 19.0. The van der Waals surface area contributed by atoms with E-state index in [1.165, 1.54) is 11.1 Å². The number of anilines is 4.